The maximum atomic E-state index is 12.0. The van der Waals surface area contributed by atoms with Crippen LogP contribution in [0.3, 0.4) is 0 Å². The van der Waals surface area contributed by atoms with Gasteiger partial charge in [0.2, 0.25) is 0 Å². The number of hydrogen-bond acceptors (Lipinski definition) is 4. The minimum absolute atomic E-state index is 0.0429. The summed E-state index contributed by atoms with van der Waals surface area (Å²) >= 11 is 0. The van der Waals surface area contributed by atoms with Crippen LogP contribution in [0.4, 0.5) is 5.69 Å². The predicted octanol–water partition coefficient (Wildman–Crippen LogP) is 3.19. The van der Waals surface area contributed by atoms with Crippen molar-refractivity contribution >= 4 is 22.6 Å². The van der Waals surface area contributed by atoms with E-state index in [-0.39, 0.29) is 11.4 Å². The van der Waals surface area contributed by atoms with Crippen LogP contribution in [0.5, 0.6) is 5.75 Å². The van der Waals surface area contributed by atoms with E-state index in [9.17, 15) is 14.9 Å². The van der Waals surface area contributed by atoms with E-state index in [4.69, 9.17) is 4.74 Å². The molecule has 0 heterocycles. The average Bonchev–Trinajstić information content (AvgIpc) is 2.48. The van der Waals surface area contributed by atoms with Crippen LogP contribution in [0.2, 0.25) is 0 Å². The molecule has 0 spiro atoms. The van der Waals surface area contributed by atoms with Crippen molar-refractivity contribution in [1.29, 1.82) is 0 Å². The third-order valence-corrected chi connectivity index (χ3v) is 3.81. The van der Waals surface area contributed by atoms with Crippen molar-refractivity contribution in [2.75, 3.05) is 12.5 Å². The SMILES string of the molecule is C[S+](C)Cc1ccc(C(=O)Oc2ccc([N+](=O)[O-])cc2)cc1. The van der Waals surface area contributed by atoms with Gasteiger partial charge in [0.1, 0.15) is 11.5 Å². The molecule has 0 unspecified atom stereocenters. The number of hydrogen-bond donors (Lipinski definition) is 0. The Morgan fingerprint density at radius 2 is 1.68 bits per heavy atom. The van der Waals surface area contributed by atoms with Crippen molar-refractivity contribution in [2.45, 2.75) is 5.75 Å². The normalized spacial score (nSPS) is 10.5. The minimum atomic E-state index is -0.500. The van der Waals surface area contributed by atoms with E-state index in [2.05, 4.69) is 12.5 Å². The second-order valence-corrected chi connectivity index (χ2v) is 7.23. The highest BCUT2D eigenvalue weighted by molar-refractivity contribution is 7.94. The standard InChI is InChI=1S/C16H16NO4S/c1-22(2)11-12-3-5-13(6-4-12)16(18)21-15-9-7-14(8-10-15)17(19)20/h3-10H,11H2,1-2H3/q+1. The highest BCUT2D eigenvalue weighted by Gasteiger charge is 2.11. The summed E-state index contributed by atoms with van der Waals surface area (Å²) in [4.78, 5) is 22.1. The second kappa shape index (κ2) is 7.09. The third-order valence-electron chi connectivity index (χ3n) is 2.90. The van der Waals surface area contributed by atoms with Crippen LogP contribution >= 0.6 is 0 Å². The molecular weight excluding hydrogens is 302 g/mol. The highest BCUT2D eigenvalue weighted by Crippen LogP contribution is 2.18. The molecule has 114 valence electrons. The van der Waals surface area contributed by atoms with Crippen LogP contribution in [0.25, 0.3) is 0 Å². The number of benzene rings is 2. The lowest BCUT2D eigenvalue weighted by molar-refractivity contribution is -0.384. The van der Waals surface area contributed by atoms with Crippen LogP contribution in [-0.2, 0) is 16.6 Å². The smallest absolute Gasteiger partial charge is 0.343 e. The molecule has 0 fully saturated rings. The Kier molecular flexibility index (Phi) is 5.16. The topological polar surface area (TPSA) is 69.4 Å². The van der Waals surface area contributed by atoms with Crippen LogP contribution < -0.4 is 4.74 Å². The first-order chi connectivity index (χ1) is 10.5. The molecule has 2 aromatic rings. The number of ether oxygens (including phenoxy) is 1. The number of nitrogens with zero attached hydrogens (tertiary/aromatic N) is 1. The van der Waals surface area contributed by atoms with Gasteiger partial charge in [-0.3, -0.25) is 10.1 Å². The molecule has 0 atom stereocenters. The monoisotopic (exact) mass is 318 g/mol. The van der Waals surface area contributed by atoms with Gasteiger partial charge in [-0.15, -0.1) is 0 Å². The summed E-state index contributed by atoms with van der Waals surface area (Å²) in [5, 5.41) is 10.6. The molecular formula is C16H16NO4S+. The first-order valence-corrected chi connectivity index (χ1v) is 8.76. The Morgan fingerprint density at radius 3 is 2.18 bits per heavy atom. The van der Waals surface area contributed by atoms with E-state index in [0.29, 0.717) is 16.5 Å². The summed E-state index contributed by atoms with van der Waals surface area (Å²) in [6.07, 6.45) is 4.33. The molecule has 0 aliphatic rings. The molecule has 2 rings (SSSR count). The second-order valence-electron chi connectivity index (χ2n) is 4.97. The molecule has 5 nitrogen and oxygen atoms in total. The summed E-state index contributed by atoms with van der Waals surface area (Å²) in [6, 6.07) is 12.7. The fourth-order valence-corrected chi connectivity index (χ4v) is 2.73. The third kappa shape index (κ3) is 4.33. The van der Waals surface area contributed by atoms with Gasteiger partial charge in [-0.2, -0.15) is 0 Å². The Labute approximate surface area is 131 Å². The van der Waals surface area contributed by atoms with Crippen LogP contribution in [-0.4, -0.2) is 23.4 Å². The molecule has 0 aliphatic carbocycles. The number of non-ortho nitro benzene ring substituents is 1. The lowest BCUT2D eigenvalue weighted by Crippen LogP contribution is -2.08. The minimum Gasteiger partial charge on any atom is -0.423 e. The molecule has 0 aromatic heterocycles. The number of nitro benzene ring substituents is 1. The number of carbonyl (C=O) groups excluding carboxylic acids is 1. The molecule has 2 aromatic carbocycles. The first kappa shape index (κ1) is 16.0. The van der Waals surface area contributed by atoms with Gasteiger partial charge in [-0.1, -0.05) is 12.1 Å². The van der Waals surface area contributed by atoms with Crippen molar-refractivity contribution in [2.24, 2.45) is 0 Å². The van der Waals surface area contributed by atoms with Crippen molar-refractivity contribution in [3.8, 4) is 5.75 Å². The highest BCUT2D eigenvalue weighted by atomic mass is 32.2. The summed E-state index contributed by atoms with van der Waals surface area (Å²) in [7, 11) is 0.307. The zero-order valence-electron chi connectivity index (χ0n) is 12.3. The van der Waals surface area contributed by atoms with Crippen LogP contribution in [0, 0.1) is 10.1 Å². The van der Waals surface area contributed by atoms with Crippen molar-refractivity contribution in [3.05, 3.63) is 69.8 Å². The van der Waals surface area contributed by atoms with Gasteiger partial charge in [0.25, 0.3) is 5.69 Å². The Balaban J connectivity index is 2.03. The summed E-state index contributed by atoms with van der Waals surface area (Å²) in [6.45, 7) is 0. The van der Waals surface area contributed by atoms with Crippen molar-refractivity contribution < 1.29 is 14.5 Å². The lowest BCUT2D eigenvalue weighted by Gasteiger charge is -2.05. The molecule has 0 bridgehead atoms. The number of rotatable bonds is 5. The summed E-state index contributed by atoms with van der Waals surface area (Å²) in [5.74, 6) is 0.785. The van der Waals surface area contributed by atoms with Crippen molar-refractivity contribution in [3.63, 3.8) is 0 Å². The molecule has 22 heavy (non-hydrogen) atoms. The number of carbonyl (C=O) groups is 1. The van der Waals surface area contributed by atoms with E-state index in [0.717, 1.165) is 5.75 Å². The number of esters is 1. The fourth-order valence-electron chi connectivity index (χ4n) is 1.87. The molecule has 0 saturated carbocycles. The van der Waals surface area contributed by atoms with Gasteiger partial charge in [-0.25, -0.2) is 4.79 Å². The predicted molar refractivity (Wildman–Crippen MR) is 87.4 cm³/mol. The maximum absolute atomic E-state index is 12.0. The van der Waals surface area contributed by atoms with E-state index in [1.54, 1.807) is 12.1 Å². The number of nitro groups is 1. The average molecular weight is 318 g/mol. The zero-order valence-corrected chi connectivity index (χ0v) is 13.1. The summed E-state index contributed by atoms with van der Waals surface area (Å²) < 4.78 is 5.20. The Bertz CT molecular complexity index is 666. The van der Waals surface area contributed by atoms with Gasteiger partial charge in [0.05, 0.1) is 23.0 Å². The van der Waals surface area contributed by atoms with E-state index in [1.165, 1.54) is 29.8 Å². The van der Waals surface area contributed by atoms with Gasteiger partial charge in [-0.05, 0) is 35.2 Å². The van der Waals surface area contributed by atoms with Crippen LogP contribution in [0.15, 0.2) is 48.5 Å². The Hall–Kier alpha value is -2.34. The molecule has 0 N–H and O–H groups in total. The van der Waals surface area contributed by atoms with Gasteiger partial charge in [0, 0.05) is 17.7 Å². The molecule has 0 saturated heterocycles. The quantitative estimate of drug-likeness (QED) is 0.279. The largest absolute Gasteiger partial charge is 0.423 e. The summed E-state index contributed by atoms with van der Waals surface area (Å²) in [5.41, 5.74) is 1.59. The van der Waals surface area contributed by atoms with Crippen LogP contribution in [0.1, 0.15) is 15.9 Å². The molecule has 0 amide bonds. The maximum Gasteiger partial charge on any atom is 0.343 e. The first-order valence-electron chi connectivity index (χ1n) is 6.55. The van der Waals surface area contributed by atoms with E-state index < -0.39 is 10.9 Å². The van der Waals surface area contributed by atoms with Gasteiger partial charge in [0.15, 0.2) is 0 Å². The molecule has 0 radical (unpaired) electrons. The molecule has 0 aliphatic heterocycles. The van der Waals surface area contributed by atoms with Crippen molar-refractivity contribution in [1.82, 2.24) is 0 Å². The fraction of sp³-hybridized carbons (Fsp3) is 0.188. The van der Waals surface area contributed by atoms with Gasteiger partial charge < -0.3 is 4.74 Å². The Morgan fingerprint density at radius 1 is 1.09 bits per heavy atom. The van der Waals surface area contributed by atoms with E-state index >= 15 is 0 Å². The molecule has 6 heteroatoms. The zero-order chi connectivity index (χ0) is 16.1. The lowest BCUT2D eigenvalue weighted by atomic mass is 10.1. The van der Waals surface area contributed by atoms with Gasteiger partial charge >= 0.3 is 5.97 Å². The van der Waals surface area contributed by atoms with E-state index in [1.807, 2.05) is 12.1 Å².